The number of rotatable bonds is 11. The number of hydrogen-bond acceptors (Lipinski definition) is 6. The molecule has 0 aliphatic rings. The monoisotopic (exact) mass is 486 g/mol. The van der Waals surface area contributed by atoms with Crippen LogP contribution in [0.1, 0.15) is 44.2 Å². The van der Waals surface area contributed by atoms with Crippen molar-refractivity contribution in [3.05, 3.63) is 64.7 Å². The summed E-state index contributed by atoms with van der Waals surface area (Å²) in [6, 6.07) is 12.1. The molecule has 0 fully saturated rings. The van der Waals surface area contributed by atoms with Crippen LogP contribution >= 0.6 is 15.9 Å². The van der Waals surface area contributed by atoms with Crippen LogP contribution in [-0.2, 0) is 0 Å². The summed E-state index contributed by atoms with van der Waals surface area (Å²) in [6.07, 6.45) is 5.86. The second kappa shape index (κ2) is 11.5. The van der Waals surface area contributed by atoms with Gasteiger partial charge in [-0.15, -0.1) is 10.2 Å². The van der Waals surface area contributed by atoms with Gasteiger partial charge in [0.2, 0.25) is 0 Å². The van der Waals surface area contributed by atoms with E-state index in [1.807, 2.05) is 31.2 Å². The van der Waals surface area contributed by atoms with E-state index in [9.17, 15) is 0 Å². The molecule has 1 aromatic heterocycles. The van der Waals surface area contributed by atoms with E-state index in [0.717, 1.165) is 22.2 Å². The fraction of sp³-hybridized carbons (Fsp3) is 0.348. The van der Waals surface area contributed by atoms with Crippen LogP contribution in [-0.4, -0.2) is 40.9 Å². The average molecular weight is 487 g/mol. The molecule has 0 radical (unpaired) electrons. The number of hydrogen-bond donors (Lipinski definition) is 0. The van der Waals surface area contributed by atoms with E-state index in [1.165, 1.54) is 22.9 Å². The average Bonchev–Trinajstić information content (AvgIpc) is 3.30. The van der Waals surface area contributed by atoms with E-state index in [2.05, 4.69) is 57.2 Å². The van der Waals surface area contributed by atoms with Crippen LogP contribution in [0.5, 0.6) is 17.2 Å². The molecule has 0 aliphatic heterocycles. The molecule has 0 saturated heterocycles. The van der Waals surface area contributed by atoms with Gasteiger partial charge in [0.25, 0.3) is 0 Å². The molecule has 0 saturated carbocycles. The Morgan fingerprint density at radius 2 is 1.74 bits per heavy atom. The van der Waals surface area contributed by atoms with Crippen molar-refractivity contribution < 1.29 is 14.2 Å². The Balaban J connectivity index is 1.60. The Morgan fingerprint density at radius 1 is 1.03 bits per heavy atom. The quantitative estimate of drug-likeness (QED) is 0.272. The zero-order chi connectivity index (χ0) is 22.1. The number of ether oxygens (including phenoxy) is 3. The van der Waals surface area contributed by atoms with Gasteiger partial charge >= 0.3 is 0 Å². The second-order valence-corrected chi connectivity index (χ2v) is 7.78. The second-order valence-electron chi connectivity index (χ2n) is 6.92. The first-order valence-corrected chi connectivity index (χ1v) is 11.1. The van der Waals surface area contributed by atoms with Crippen molar-refractivity contribution in [3.63, 3.8) is 0 Å². The third kappa shape index (κ3) is 6.55. The predicted octanol–water partition coefficient (Wildman–Crippen LogP) is 5.29. The van der Waals surface area contributed by atoms with Crippen LogP contribution in [0.4, 0.5) is 0 Å². The smallest absolute Gasteiger partial charge is 0.175 e. The first-order valence-electron chi connectivity index (χ1n) is 10.3. The molecule has 0 bridgehead atoms. The highest BCUT2D eigenvalue weighted by atomic mass is 79.9. The normalized spacial score (nSPS) is 12.1. The van der Waals surface area contributed by atoms with Crippen LogP contribution in [0, 0.1) is 0 Å². The number of halogens is 1. The summed E-state index contributed by atoms with van der Waals surface area (Å²) in [7, 11) is 0. The Hall–Kier alpha value is -2.87. The molecule has 1 heterocycles. The van der Waals surface area contributed by atoms with Gasteiger partial charge in [0.15, 0.2) is 11.5 Å². The van der Waals surface area contributed by atoms with E-state index in [0.29, 0.717) is 37.2 Å². The maximum Gasteiger partial charge on any atom is 0.175 e. The lowest BCUT2D eigenvalue weighted by Crippen LogP contribution is -2.10. The standard InChI is InChI=1S/C23H27BrN4O3/c1-4-17(3)19-6-8-20(9-7-19)30-10-11-31-23-21(24)12-18(13-22(23)29-5-2)14-27-28-15-25-26-16-28/h6-9,12-17H,4-5,10-11H2,1-3H3/b27-14+. The minimum absolute atomic E-state index is 0.389. The molecule has 164 valence electrons. The fourth-order valence-corrected chi connectivity index (χ4v) is 3.46. The van der Waals surface area contributed by atoms with Gasteiger partial charge in [-0.05, 0) is 70.6 Å². The van der Waals surface area contributed by atoms with Gasteiger partial charge in [-0.25, -0.2) is 4.68 Å². The van der Waals surface area contributed by atoms with Crippen molar-refractivity contribution in [2.75, 3.05) is 19.8 Å². The molecule has 0 N–H and O–H groups in total. The molecular formula is C23H27BrN4O3. The first-order chi connectivity index (χ1) is 15.1. The number of nitrogens with zero attached hydrogens (tertiary/aromatic N) is 4. The minimum Gasteiger partial charge on any atom is -0.490 e. The molecule has 1 unspecified atom stereocenters. The Kier molecular flexibility index (Phi) is 8.46. The number of aromatic nitrogens is 3. The van der Waals surface area contributed by atoms with Gasteiger partial charge in [0, 0.05) is 0 Å². The maximum absolute atomic E-state index is 5.96. The zero-order valence-corrected chi connectivity index (χ0v) is 19.6. The Labute approximate surface area is 191 Å². The van der Waals surface area contributed by atoms with E-state index in [1.54, 1.807) is 6.21 Å². The molecular weight excluding hydrogens is 460 g/mol. The van der Waals surface area contributed by atoms with E-state index < -0.39 is 0 Å². The van der Waals surface area contributed by atoms with E-state index in [4.69, 9.17) is 14.2 Å². The van der Waals surface area contributed by atoms with Crippen LogP contribution in [0.15, 0.2) is 58.6 Å². The van der Waals surface area contributed by atoms with Crippen LogP contribution in [0.25, 0.3) is 0 Å². The molecule has 0 spiro atoms. The molecule has 31 heavy (non-hydrogen) atoms. The van der Waals surface area contributed by atoms with Crippen molar-refractivity contribution in [1.29, 1.82) is 0 Å². The summed E-state index contributed by atoms with van der Waals surface area (Å²) in [5, 5.41) is 11.7. The predicted molar refractivity (Wildman–Crippen MR) is 124 cm³/mol. The maximum atomic E-state index is 5.96. The highest BCUT2D eigenvalue weighted by Crippen LogP contribution is 2.36. The number of benzene rings is 2. The molecule has 7 nitrogen and oxygen atoms in total. The summed E-state index contributed by atoms with van der Waals surface area (Å²) in [6.45, 7) is 7.69. The SMILES string of the molecule is CCOc1cc(/C=N/n2cnnc2)cc(Br)c1OCCOc1ccc(C(C)CC)cc1. The Morgan fingerprint density at radius 3 is 2.42 bits per heavy atom. The molecule has 0 aliphatic carbocycles. The topological polar surface area (TPSA) is 70.8 Å². The largest absolute Gasteiger partial charge is 0.490 e. The first kappa shape index (κ1) is 22.8. The van der Waals surface area contributed by atoms with Gasteiger partial charge in [-0.2, -0.15) is 5.10 Å². The third-order valence-electron chi connectivity index (χ3n) is 4.74. The van der Waals surface area contributed by atoms with Gasteiger partial charge in [0.05, 0.1) is 17.3 Å². The summed E-state index contributed by atoms with van der Waals surface area (Å²) >= 11 is 3.57. The van der Waals surface area contributed by atoms with Crippen molar-refractivity contribution >= 4 is 22.1 Å². The molecule has 1 atom stereocenters. The van der Waals surface area contributed by atoms with Crippen LogP contribution in [0.3, 0.4) is 0 Å². The molecule has 2 aromatic carbocycles. The molecule has 8 heteroatoms. The summed E-state index contributed by atoms with van der Waals surface area (Å²) < 4.78 is 19.8. The molecule has 0 amide bonds. The van der Waals surface area contributed by atoms with Crippen molar-refractivity contribution in [1.82, 2.24) is 14.9 Å². The van der Waals surface area contributed by atoms with Gasteiger partial charge in [0.1, 0.15) is 31.6 Å². The summed E-state index contributed by atoms with van der Waals surface area (Å²) in [4.78, 5) is 0. The Bertz CT molecular complexity index is 975. The van der Waals surface area contributed by atoms with Gasteiger partial charge in [-0.1, -0.05) is 26.0 Å². The van der Waals surface area contributed by atoms with Crippen molar-refractivity contribution in [2.24, 2.45) is 5.10 Å². The van der Waals surface area contributed by atoms with E-state index in [-0.39, 0.29) is 0 Å². The highest BCUT2D eigenvalue weighted by molar-refractivity contribution is 9.10. The zero-order valence-electron chi connectivity index (χ0n) is 18.0. The summed E-state index contributed by atoms with van der Waals surface area (Å²) in [5.74, 6) is 2.66. The third-order valence-corrected chi connectivity index (χ3v) is 5.33. The van der Waals surface area contributed by atoms with Crippen LogP contribution in [0.2, 0.25) is 0 Å². The highest BCUT2D eigenvalue weighted by Gasteiger charge is 2.12. The van der Waals surface area contributed by atoms with E-state index >= 15 is 0 Å². The lowest BCUT2D eigenvalue weighted by Gasteiger charge is -2.15. The van der Waals surface area contributed by atoms with Crippen molar-refractivity contribution in [2.45, 2.75) is 33.1 Å². The lowest BCUT2D eigenvalue weighted by atomic mass is 9.99. The van der Waals surface area contributed by atoms with Crippen molar-refractivity contribution in [3.8, 4) is 17.2 Å². The van der Waals surface area contributed by atoms with Gasteiger partial charge in [-0.3, -0.25) is 0 Å². The fourth-order valence-electron chi connectivity index (χ4n) is 2.89. The molecule has 3 aromatic rings. The summed E-state index contributed by atoms with van der Waals surface area (Å²) in [5.41, 5.74) is 2.18. The molecule has 3 rings (SSSR count). The van der Waals surface area contributed by atoms with Crippen LogP contribution < -0.4 is 14.2 Å². The lowest BCUT2D eigenvalue weighted by molar-refractivity contribution is 0.207. The van der Waals surface area contributed by atoms with Gasteiger partial charge < -0.3 is 14.2 Å². The minimum atomic E-state index is 0.389.